The molecule has 3 rings (SSSR count). The van der Waals surface area contributed by atoms with Crippen molar-refractivity contribution in [2.24, 2.45) is 0 Å². The third-order valence-corrected chi connectivity index (χ3v) is 4.19. The minimum absolute atomic E-state index is 0.00790. The van der Waals surface area contributed by atoms with Crippen molar-refractivity contribution in [1.29, 1.82) is 0 Å². The number of nitrogens with zero attached hydrogens (tertiary/aromatic N) is 1. The number of fused-ring (bicyclic) bond motifs is 1. The Bertz CT molecular complexity index is 693. The molecule has 1 N–H and O–H groups in total. The van der Waals surface area contributed by atoms with Gasteiger partial charge >= 0.3 is 0 Å². The molecule has 19 heavy (non-hydrogen) atoms. The fourth-order valence-corrected chi connectivity index (χ4v) is 3.25. The first-order valence-electron chi connectivity index (χ1n) is 5.72. The van der Waals surface area contributed by atoms with Gasteiger partial charge in [-0.25, -0.2) is 0 Å². The molecule has 1 aliphatic heterocycles. The Labute approximate surface area is 113 Å². The van der Waals surface area contributed by atoms with Gasteiger partial charge in [-0.1, -0.05) is 0 Å². The highest BCUT2D eigenvalue weighted by Gasteiger charge is 2.34. The van der Waals surface area contributed by atoms with Crippen molar-refractivity contribution < 1.29 is 9.72 Å². The van der Waals surface area contributed by atoms with Crippen LogP contribution >= 0.6 is 11.3 Å². The van der Waals surface area contributed by atoms with Gasteiger partial charge in [0.25, 0.3) is 5.69 Å². The van der Waals surface area contributed by atoms with Crippen LogP contribution in [0.1, 0.15) is 21.2 Å². The van der Waals surface area contributed by atoms with Crippen LogP contribution in [0, 0.1) is 17.0 Å². The summed E-state index contributed by atoms with van der Waals surface area (Å²) in [6.07, 6.45) is 0. The Morgan fingerprint density at radius 2 is 2.11 bits per heavy atom. The van der Waals surface area contributed by atoms with Crippen LogP contribution in [0.5, 0.6) is 0 Å². The number of carbonyl (C=O) groups is 1. The van der Waals surface area contributed by atoms with Gasteiger partial charge in [0, 0.05) is 33.1 Å². The van der Waals surface area contributed by atoms with E-state index in [4.69, 9.17) is 0 Å². The predicted octanol–water partition coefficient (Wildman–Crippen LogP) is 3.05. The number of carbonyl (C=O) groups excluding carboxylic acids is 1. The Balaban J connectivity index is 2.12. The number of rotatable bonds is 2. The average molecular weight is 274 g/mol. The number of anilines is 1. The number of amides is 1. The van der Waals surface area contributed by atoms with Gasteiger partial charge in [0.05, 0.1) is 10.8 Å². The highest BCUT2D eigenvalue weighted by molar-refractivity contribution is 7.12. The minimum atomic E-state index is -0.445. The number of thiophene rings is 1. The lowest BCUT2D eigenvalue weighted by Crippen LogP contribution is -2.11. The largest absolute Gasteiger partial charge is 0.325 e. The van der Waals surface area contributed by atoms with E-state index in [9.17, 15) is 14.9 Å². The molecule has 0 radical (unpaired) electrons. The fourth-order valence-electron chi connectivity index (χ4n) is 2.25. The van der Waals surface area contributed by atoms with Crippen molar-refractivity contribution in [3.05, 3.63) is 55.8 Å². The van der Waals surface area contributed by atoms with Gasteiger partial charge in [-0.2, -0.15) is 0 Å². The molecule has 1 aromatic carbocycles. The average Bonchev–Trinajstić information content (AvgIpc) is 2.90. The number of benzene rings is 1. The van der Waals surface area contributed by atoms with Crippen LogP contribution in [-0.2, 0) is 4.79 Å². The minimum Gasteiger partial charge on any atom is -0.325 e. The molecule has 6 heteroatoms. The monoisotopic (exact) mass is 274 g/mol. The van der Waals surface area contributed by atoms with E-state index in [0.717, 1.165) is 9.75 Å². The zero-order valence-electron chi connectivity index (χ0n) is 10.0. The molecule has 1 aliphatic rings. The molecule has 1 unspecified atom stereocenters. The van der Waals surface area contributed by atoms with Crippen LogP contribution in [0.4, 0.5) is 11.4 Å². The van der Waals surface area contributed by atoms with E-state index in [0.29, 0.717) is 11.3 Å². The first kappa shape index (κ1) is 11.9. The molecule has 0 bridgehead atoms. The number of nitro benzene ring substituents is 1. The van der Waals surface area contributed by atoms with Crippen LogP contribution in [0.25, 0.3) is 0 Å². The predicted molar refractivity (Wildman–Crippen MR) is 72.6 cm³/mol. The number of hydrogen-bond donors (Lipinski definition) is 1. The molecular formula is C13H10N2O3S. The highest BCUT2D eigenvalue weighted by Crippen LogP contribution is 2.41. The molecule has 1 atom stereocenters. The van der Waals surface area contributed by atoms with E-state index < -0.39 is 10.8 Å². The number of aryl methyl sites for hydroxylation is 1. The van der Waals surface area contributed by atoms with E-state index in [1.165, 1.54) is 23.5 Å². The molecular weight excluding hydrogens is 264 g/mol. The SMILES string of the molecule is Cc1ccc(C2C(=O)Nc3ccc([N+](=O)[O-])cc32)s1. The normalized spacial score (nSPS) is 17.1. The maximum Gasteiger partial charge on any atom is 0.269 e. The summed E-state index contributed by atoms with van der Waals surface area (Å²) >= 11 is 1.54. The van der Waals surface area contributed by atoms with Crippen LogP contribution < -0.4 is 5.32 Å². The summed E-state index contributed by atoms with van der Waals surface area (Å²) in [6.45, 7) is 1.97. The van der Waals surface area contributed by atoms with Crippen molar-refractivity contribution in [1.82, 2.24) is 0 Å². The molecule has 0 fully saturated rings. The van der Waals surface area contributed by atoms with E-state index in [1.807, 2.05) is 19.1 Å². The Morgan fingerprint density at radius 3 is 2.74 bits per heavy atom. The molecule has 0 spiro atoms. The number of nitrogens with one attached hydrogen (secondary N) is 1. The lowest BCUT2D eigenvalue weighted by Gasteiger charge is -2.05. The maximum atomic E-state index is 12.0. The highest BCUT2D eigenvalue weighted by atomic mass is 32.1. The Hall–Kier alpha value is -2.21. The third kappa shape index (κ3) is 1.90. The summed E-state index contributed by atoms with van der Waals surface area (Å²) in [4.78, 5) is 24.5. The molecule has 0 saturated heterocycles. The quantitative estimate of drug-likeness (QED) is 0.675. The van der Waals surface area contributed by atoms with E-state index in [-0.39, 0.29) is 11.6 Å². The number of nitro groups is 1. The summed E-state index contributed by atoms with van der Waals surface area (Å²) < 4.78 is 0. The lowest BCUT2D eigenvalue weighted by molar-refractivity contribution is -0.384. The standard InChI is InChI=1S/C13H10N2O3S/c1-7-2-5-11(19-7)12-9-6-8(15(17)18)3-4-10(9)14-13(12)16/h2-6,12H,1H3,(H,14,16). The zero-order valence-corrected chi connectivity index (χ0v) is 10.9. The van der Waals surface area contributed by atoms with Crippen LogP contribution in [-0.4, -0.2) is 10.8 Å². The smallest absolute Gasteiger partial charge is 0.269 e. The molecule has 0 saturated carbocycles. The first-order chi connectivity index (χ1) is 9.06. The molecule has 0 aliphatic carbocycles. The van der Waals surface area contributed by atoms with Gasteiger partial charge in [-0.3, -0.25) is 14.9 Å². The Kier molecular flexibility index (Phi) is 2.60. The van der Waals surface area contributed by atoms with Crippen LogP contribution in [0.15, 0.2) is 30.3 Å². The van der Waals surface area contributed by atoms with Crippen molar-refractivity contribution in [3.63, 3.8) is 0 Å². The molecule has 2 aromatic rings. The van der Waals surface area contributed by atoms with E-state index >= 15 is 0 Å². The van der Waals surface area contributed by atoms with Crippen LogP contribution in [0.2, 0.25) is 0 Å². The number of non-ortho nitro benzene ring substituents is 1. The summed E-state index contributed by atoms with van der Waals surface area (Å²) in [6, 6.07) is 8.32. The van der Waals surface area contributed by atoms with Gasteiger partial charge < -0.3 is 5.32 Å². The van der Waals surface area contributed by atoms with Crippen molar-refractivity contribution in [3.8, 4) is 0 Å². The Morgan fingerprint density at radius 1 is 1.32 bits per heavy atom. The summed E-state index contributed by atoms with van der Waals surface area (Å²) in [5, 5.41) is 13.6. The summed E-state index contributed by atoms with van der Waals surface area (Å²) in [7, 11) is 0. The van der Waals surface area contributed by atoms with E-state index in [2.05, 4.69) is 5.32 Å². The molecule has 96 valence electrons. The van der Waals surface area contributed by atoms with Crippen molar-refractivity contribution >= 4 is 28.6 Å². The maximum absolute atomic E-state index is 12.0. The second-order valence-corrected chi connectivity index (χ2v) is 5.72. The van der Waals surface area contributed by atoms with Crippen molar-refractivity contribution in [2.75, 3.05) is 5.32 Å². The number of hydrogen-bond acceptors (Lipinski definition) is 4. The van der Waals surface area contributed by atoms with Crippen molar-refractivity contribution in [2.45, 2.75) is 12.8 Å². The topological polar surface area (TPSA) is 72.2 Å². The second kappa shape index (κ2) is 4.17. The second-order valence-electron chi connectivity index (χ2n) is 4.40. The molecule has 1 aromatic heterocycles. The van der Waals surface area contributed by atoms with Gasteiger partial charge in [-0.15, -0.1) is 11.3 Å². The van der Waals surface area contributed by atoms with E-state index in [1.54, 1.807) is 6.07 Å². The van der Waals surface area contributed by atoms with Crippen LogP contribution in [0.3, 0.4) is 0 Å². The summed E-state index contributed by atoms with van der Waals surface area (Å²) in [5.41, 5.74) is 1.35. The fraction of sp³-hybridized carbons (Fsp3) is 0.154. The van der Waals surface area contributed by atoms with Gasteiger partial charge in [0.15, 0.2) is 0 Å². The molecule has 1 amide bonds. The van der Waals surface area contributed by atoms with Gasteiger partial charge in [0.1, 0.15) is 0 Å². The third-order valence-electron chi connectivity index (χ3n) is 3.12. The zero-order chi connectivity index (χ0) is 13.6. The lowest BCUT2D eigenvalue weighted by atomic mass is 9.98. The van der Waals surface area contributed by atoms with Gasteiger partial charge in [0.2, 0.25) is 5.91 Å². The van der Waals surface area contributed by atoms with Gasteiger partial charge in [-0.05, 0) is 25.1 Å². The molecule has 5 nitrogen and oxygen atoms in total. The first-order valence-corrected chi connectivity index (χ1v) is 6.53. The summed E-state index contributed by atoms with van der Waals surface area (Å²) in [5.74, 6) is -0.564. The molecule has 2 heterocycles.